The Bertz CT molecular complexity index is 251. The molecule has 2 amide bonds. The fourth-order valence-electron chi connectivity index (χ4n) is 2.06. The molecule has 0 unspecified atom stereocenters. The van der Waals surface area contributed by atoms with Crippen molar-refractivity contribution in [1.29, 1.82) is 0 Å². The van der Waals surface area contributed by atoms with Crippen LogP contribution in [0.1, 0.15) is 39.5 Å². The number of nitrogens with zero attached hydrogens (tertiary/aromatic N) is 1. The monoisotopic (exact) mass is 257 g/mol. The van der Waals surface area contributed by atoms with Crippen LogP contribution in [0.25, 0.3) is 0 Å². The van der Waals surface area contributed by atoms with Gasteiger partial charge in [-0.2, -0.15) is 0 Å². The molecule has 0 radical (unpaired) electrons. The van der Waals surface area contributed by atoms with E-state index in [1.54, 1.807) is 0 Å². The van der Waals surface area contributed by atoms with Crippen molar-refractivity contribution in [3.8, 4) is 0 Å². The first kappa shape index (κ1) is 15.2. The first-order valence-electron chi connectivity index (χ1n) is 6.91. The summed E-state index contributed by atoms with van der Waals surface area (Å²) in [7, 11) is 2.05. The van der Waals surface area contributed by atoms with Crippen molar-refractivity contribution in [2.75, 3.05) is 20.1 Å². The Morgan fingerprint density at radius 3 is 2.50 bits per heavy atom. The highest BCUT2D eigenvalue weighted by molar-refractivity contribution is 5.74. The lowest BCUT2D eigenvalue weighted by atomic mass is 9.93. The lowest BCUT2D eigenvalue weighted by Gasteiger charge is -2.26. The van der Waals surface area contributed by atoms with Crippen molar-refractivity contribution in [2.45, 2.75) is 57.7 Å². The number of likely N-dealkylation sites (N-methyl/N-ethyl adjacent to an activating group) is 1. The van der Waals surface area contributed by atoms with E-state index in [-0.39, 0.29) is 18.2 Å². The quantitative estimate of drug-likeness (QED) is 0.686. The standard InChI is InChI=1S/C13H27N3O2/c1-10(2)16(3)9-8-14-13(18)15-11-4-6-12(17)7-5-11/h10-12,17H,4-9H2,1-3H3,(H2,14,15,18). The van der Waals surface area contributed by atoms with Crippen LogP contribution >= 0.6 is 0 Å². The third-order valence-electron chi connectivity index (χ3n) is 3.66. The number of hydrogen-bond donors (Lipinski definition) is 3. The minimum atomic E-state index is -0.175. The van der Waals surface area contributed by atoms with E-state index < -0.39 is 0 Å². The van der Waals surface area contributed by atoms with E-state index >= 15 is 0 Å². The van der Waals surface area contributed by atoms with Gasteiger partial charge in [-0.05, 0) is 46.6 Å². The first-order chi connectivity index (χ1) is 8.49. The summed E-state index contributed by atoms with van der Waals surface area (Å²) < 4.78 is 0. The van der Waals surface area contributed by atoms with Gasteiger partial charge >= 0.3 is 6.03 Å². The Morgan fingerprint density at radius 1 is 1.33 bits per heavy atom. The summed E-state index contributed by atoms with van der Waals surface area (Å²) in [5.41, 5.74) is 0. The Balaban J connectivity index is 2.10. The molecule has 18 heavy (non-hydrogen) atoms. The molecule has 0 heterocycles. The number of rotatable bonds is 5. The third-order valence-corrected chi connectivity index (χ3v) is 3.66. The maximum atomic E-state index is 11.6. The molecular weight excluding hydrogens is 230 g/mol. The topological polar surface area (TPSA) is 64.6 Å². The van der Waals surface area contributed by atoms with Gasteiger partial charge in [-0.25, -0.2) is 4.79 Å². The van der Waals surface area contributed by atoms with E-state index in [1.807, 2.05) is 7.05 Å². The van der Waals surface area contributed by atoms with Crippen LogP contribution in [0.15, 0.2) is 0 Å². The van der Waals surface area contributed by atoms with Crippen LogP contribution in [0.2, 0.25) is 0 Å². The summed E-state index contributed by atoms with van der Waals surface area (Å²) in [6, 6.07) is 0.625. The van der Waals surface area contributed by atoms with Crippen LogP contribution in [0.4, 0.5) is 4.79 Å². The minimum Gasteiger partial charge on any atom is -0.393 e. The lowest BCUT2D eigenvalue weighted by molar-refractivity contribution is 0.117. The molecule has 1 saturated carbocycles. The average molecular weight is 257 g/mol. The molecule has 1 aliphatic rings. The Morgan fingerprint density at radius 2 is 1.94 bits per heavy atom. The molecule has 5 heteroatoms. The van der Waals surface area contributed by atoms with E-state index in [2.05, 4.69) is 29.4 Å². The molecule has 0 saturated heterocycles. The van der Waals surface area contributed by atoms with E-state index in [0.717, 1.165) is 32.2 Å². The third kappa shape index (κ3) is 5.69. The van der Waals surface area contributed by atoms with E-state index in [0.29, 0.717) is 12.6 Å². The normalized spacial score (nSPS) is 24.3. The fourth-order valence-corrected chi connectivity index (χ4v) is 2.06. The molecule has 0 aromatic heterocycles. The Labute approximate surface area is 110 Å². The second-order valence-electron chi connectivity index (χ2n) is 5.48. The van der Waals surface area contributed by atoms with Crippen molar-refractivity contribution in [1.82, 2.24) is 15.5 Å². The number of hydrogen-bond acceptors (Lipinski definition) is 3. The lowest BCUT2D eigenvalue weighted by Crippen LogP contribution is -2.46. The Hall–Kier alpha value is -0.810. The molecule has 106 valence electrons. The predicted octanol–water partition coefficient (Wildman–Crippen LogP) is 0.929. The molecule has 0 aromatic carbocycles. The molecule has 5 nitrogen and oxygen atoms in total. The number of amides is 2. The fraction of sp³-hybridized carbons (Fsp3) is 0.923. The van der Waals surface area contributed by atoms with Gasteiger partial charge in [-0.3, -0.25) is 0 Å². The van der Waals surface area contributed by atoms with Crippen LogP contribution in [-0.4, -0.2) is 54.4 Å². The highest BCUT2D eigenvalue weighted by Crippen LogP contribution is 2.17. The molecule has 1 aliphatic carbocycles. The number of carbonyl (C=O) groups is 1. The molecule has 0 aromatic rings. The highest BCUT2D eigenvalue weighted by Gasteiger charge is 2.20. The maximum Gasteiger partial charge on any atom is 0.315 e. The van der Waals surface area contributed by atoms with Gasteiger partial charge in [0.25, 0.3) is 0 Å². The number of nitrogens with one attached hydrogen (secondary N) is 2. The highest BCUT2D eigenvalue weighted by atomic mass is 16.3. The van der Waals surface area contributed by atoms with Crippen LogP contribution in [-0.2, 0) is 0 Å². The summed E-state index contributed by atoms with van der Waals surface area (Å²) in [4.78, 5) is 13.8. The van der Waals surface area contributed by atoms with Gasteiger partial charge in [0, 0.05) is 25.2 Å². The van der Waals surface area contributed by atoms with Gasteiger partial charge in [-0.1, -0.05) is 0 Å². The van der Waals surface area contributed by atoms with Gasteiger partial charge in [-0.15, -0.1) is 0 Å². The second kappa shape index (κ2) is 7.59. The first-order valence-corrected chi connectivity index (χ1v) is 6.91. The zero-order valence-electron chi connectivity index (χ0n) is 11.8. The summed E-state index contributed by atoms with van der Waals surface area (Å²) in [5.74, 6) is 0. The molecule has 0 spiro atoms. The van der Waals surface area contributed by atoms with Crippen molar-refractivity contribution in [3.05, 3.63) is 0 Å². The number of urea groups is 1. The summed E-state index contributed by atoms with van der Waals surface area (Å²) >= 11 is 0. The van der Waals surface area contributed by atoms with Gasteiger partial charge in [0.2, 0.25) is 0 Å². The number of carbonyl (C=O) groups excluding carboxylic acids is 1. The molecular formula is C13H27N3O2. The maximum absolute atomic E-state index is 11.6. The van der Waals surface area contributed by atoms with E-state index in [9.17, 15) is 9.90 Å². The zero-order valence-corrected chi connectivity index (χ0v) is 11.8. The van der Waals surface area contributed by atoms with Crippen LogP contribution < -0.4 is 10.6 Å². The molecule has 1 fully saturated rings. The van der Waals surface area contributed by atoms with Crippen LogP contribution in [0, 0.1) is 0 Å². The van der Waals surface area contributed by atoms with Gasteiger partial charge in [0.1, 0.15) is 0 Å². The van der Waals surface area contributed by atoms with Gasteiger partial charge in [0.15, 0.2) is 0 Å². The van der Waals surface area contributed by atoms with Crippen molar-refractivity contribution >= 4 is 6.03 Å². The smallest absolute Gasteiger partial charge is 0.315 e. The summed E-state index contributed by atoms with van der Waals surface area (Å²) in [5, 5.41) is 15.2. The van der Waals surface area contributed by atoms with E-state index in [1.165, 1.54) is 0 Å². The van der Waals surface area contributed by atoms with Gasteiger partial charge in [0.05, 0.1) is 6.10 Å². The van der Waals surface area contributed by atoms with Crippen LogP contribution in [0.5, 0.6) is 0 Å². The van der Waals surface area contributed by atoms with Crippen molar-refractivity contribution < 1.29 is 9.90 Å². The van der Waals surface area contributed by atoms with Gasteiger partial charge < -0.3 is 20.6 Å². The van der Waals surface area contributed by atoms with Crippen LogP contribution in [0.3, 0.4) is 0 Å². The van der Waals surface area contributed by atoms with Crippen molar-refractivity contribution in [2.24, 2.45) is 0 Å². The molecule has 3 N–H and O–H groups in total. The van der Waals surface area contributed by atoms with E-state index in [4.69, 9.17) is 0 Å². The average Bonchev–Trinajstić information content (AvgIpc) is 2.32. The minimum absolute atomic E-state index is 0.0893. The number of aliphatic hydroxyl groups excluding tert-OH is 1. The molecule has 0 aliphatic heterocycles. The summed E-state index contributed by atoms with van der Waals surface area (Å²) in [6.07, 6.45) is 3.16. The second-order valence-corrected chi connectivity index (χ2v) is 5.48. The molecule has 0 bridgehead atoms. The molecule has 1 rings (SSSR count). The summed E-state index contributed by atoms with van der Waals surface area (Å²) in [6.45, 7) is 5.78. The molecule has 0 atom stereocenters. The zero-order chi connectivity index (χ0) is 13.5. The SMILES string of the molecule is CC(C)N(C)CCNC(=O)NC1CCC(O)CC1. The largest absolute Gasteiger partial charge is 0.393 e. The Kier molecular flexibility index (Phi) is 6.43. The van der Waals surface area contributed by atoms with Crippen molar-refractivity contribution in [3.63, 3.8) is 0 Å². The number of aliphatic hydroxyl groups is 1. The predicted molar refractivity (Wildman–Crippen MR) is 72.6 cm³/mol.